The van der Waals surface area contributed by atoms with Crippen LogP contribution in [0, 0.1) is 0 Å². The van der Waals surface area contributed by atoms with Crippen molar-refractivity contribution in [2.75, 3.05) is 13.2 Å². The highest BCUT2D eigenvalue weighted by Crippen LogP contribution is 2.16. The average molecular weight is 763 g/mol. The van der Waals surface area contributed by atoms with Crippen LogP contribution in [0.1, 0.15) is 258 Å². The highest BCUT2D eigenvalue weighted by atomic mass is 16.6. The first kappa shape index (κ1) is 52.2. The number of allylic oxidation sites excluding steroid dienone is 2. The molecule has 0 saturated carbocycles. The van der Waals surface area contributed by atoms with Gasteiger partial charge in [0.15, 0.2) is 6.10 Å². The first-order chi connectivity index (χ1) is 26.5. The molecule has 0 amide bonds. The van der Waals surface area contributed by atoms with E-state index in [9.17, 15) is 14.4 Å². The van der Waals surface area contributed by atoms with Crippen LogP contribution in [0.5, 0.6) is 0 Å². The summed E-state index contributed by atoms with van der Waals surface area (Å²) in [5.74, 6) is -0.884. The lowest BCUT2D eigenvalue weighted by Crippen LogP contribution is -2.30. The van der Waals surface area contributed by atoms with Crippen molar-refractivity contribution in [2.24, 2.45) is 0 Å². The van der Waals surface area contributed by atoms with Gasteiger partial charge in [0.1, 0.15) is 13.2 Å². The number of carbonyl (C=O) groups excluding carboxylic acids is 3. The molecule has 1 atom stereocenters. The van der Waals surface area contributed by atoms with Gasteiger partial charge in [-0.2, -0.15) is 0 Å². The maximum absolute atomic E-state index is 12.6. The second kappa shape index (κ2) is 43.9. The Kier molecular flexibility index (Phi) is 42.4. The molecule has 0 aliphatic rings. The minimum atomic E-state index is -0.764. The molecule has 6 heteroatoms. The summed E-state index contributed by atoms with van der Waals surface area (Å²) < 4.78 is 16.6. The second-order valence-corrected chi connectivity index (χ2v) is 16.0. The first-order valence-corrected chi connectivity index (χ1v) is 23.7. The number of hydrogen-bond donors (Lipinski definition) is 0. The van der Waals surface area contributed by atoms with Gasteiger partial charge in [-0.1, -0.05) is 206 Å². The van der Waals surface area contributed by atoms with E-state index >= 15 is 0 Å². The predicted octanol–water partition coefficient (Wildman–Crippen LogP) is 15.0. The highest BCUT2D eigenvalue weighted by molar-refractivity contribution is 5.71. The summed E-state index contributed by atoms with van der Waals surface area (Å²) in [7, 11) is 0. The van der Waals surface area contributed by atoms with Crippen LogP contribution in [0.25, 0.3) is 0 Å². The molecule has 318 valence electrons. The highest BCUT2D eigenvalue weighted by Gasteiger charge is 2.19. The van der Waals surface area contributed by atoms with Crippen LogP contribution in [-0.4, -0.2) is 37.2 Å². The summed E-state index contributed by atoms with van der Waals surface area (Å²) in [6.07, 6.45) is 46.6. The summed E-state index contributed by atoms with van der Waals surface area (Å²) >= 11 is 0. The Morgan fingerprint density at radius 1 is 0.352 bits per heavy atom. The summed E-state index contributed by atoms with van der Waals surface area (Å²) in [5.41, 5.74) is 0. The number of rotatable bonds is 43. The monoisotopic (exact) mass is 763 g/mol. The van der Waals surface area contributed by atoms with E-state index < -0.39 is 6.10 Å². The SMILES string of the molecule is CCCCC/C=C\CCCCCCCC(=O)OC(COC(=O)CCCCCCC)COC(=O)CCCCCCCCCCCCCCCCCCCCC. The van der Waals surface area contributed by atoms with E-state index in [0.29, 0.717) is 19.3 Å². The van der Waals surface area contributed by atoms with Crippen molar-refractivity contribution >= 4 is 17.9 Å². The molecule has 0 heterocycles. The van der Waals surface area contributed by atoms with Gasteiger partial charge in [0.05, 0.1) is 0 Å². The lowest BCUT2D eigenvalue weighted by atomic mass is 10.0. The lowest BCUT2D eigenvalue weighted by molar-refractivity contribution is -0.167. The smallest absolute Gasteiger partial charge is 0.306 e. The summed E-state index contributed by atoms with van der Waals surface area (Å²) in [6, 6.07) is 0. The first-order valence-electron chi connectivity index (χ1n) is 23.7. The molecular formula is C48H90O6. The van der Waals surface area contributed by atoms with Crippen LogP contribution in [0.4, 0.5) is 0 Å². The molecule has 0 fully saturated rings. The average Bonchev–Trinajstić information content (AvgIpc) is 3.17. The van der Waals surface area contributed by atoms with E-state index in [4.69, 9.17) is 14.2 Å². The molecule has 0 aromatic rings. The minimum Gasteiger partial charge on any atom is -0.462 e. The van der Waals surface area contributed by atoms with E-state index in [2.05, 4.69) is 32.9 Å². The number of unbranched alkanes of at least 4 members (excludes halogenated alkanes) is 30. The number of carbonyl (C=O) groups is 3. The molecule has 0 aromatic heterocycles. The van der Waals surface area contributed by atoms with Crippen LogP contribution < -0.4 is 0 Å². The summed E-state index contributed by atoms with van der Waals surface area (Å²) in [6.45, 7) is 6.54. The molecule has 0 aromatic carbocycles. The van der Waals surface area contributed by atoms with Crippen LogP contribution in [0.2, 0.25) is 0 Å². The van der Waals surface area contributed by atoms with E-state index in [1.54, 1.807) is 0 Å². The van der Waals surface area contributed by atoms with E-state index in [0.717, 1.165) is 70.6 Å². The molecule has 6 nitrogen and oxygen atoms in total. The fourth-order valence-electron chi connectivity index (χ4n) is 6.91. The maximum Gasteiger partial charge on any atom is 0.306 e. The summed E-state index contributed by atoms with van der Waals surface area (Å²) in [5, 5.41) is 0. The zero-order valence-electron chi connectivity index (χ0n) is 36.3. The largest absolute Gasteiger partial charge is 0.462 e. The zero-order valence-corrected chi connectivity index (χ0v) is 36.3. The molecule has 0 N–H and O–H groups in total. The standard InChI is InChI=1S/C48H90O6/c1-4-7-10-13-15-17-19-21-22-23-24-25-26-27-29-30-32-35-38-41-47(50)53-44-45(43-52-46(49)40-37-34-12-9-6-3)54-48(51)42-39-36-33-31-28-20-18-16-14-11-8-5-2/h16,18,45H,4-15,17,19-44H2,1-3H3/b18-16-. The Labute approximate surface area is 335 Å². The van der Waals surface area contributed by atoms with Crippen molar-refractivity contribution < 1.29 is 28.6 Å². The van der Waals surface area contributed by atoms with Crippen molar-refractivity contribution in [2.45, 2.75) is 264 Å². The quantitative estimate of drug-likeness (QED) is 0.0266. The number of hydrogen-bond acceptors (Lipinski definition) is 6. The third-order valence-corrected chi connectivity index (χ3v) is 10.5. The predicted molar refractivity (Wildman–Crippen MR) is 229 cm³/mol. The molecule has 0 aliphatic carbocycles. The zero-order chi connectivity index (χ0) is 39.4. The number of esters is 3. The molecule has 0 bridgehead atoms. The van der Waals surface area contributed by atoms with E-state index in [1.165, 1.54) is 148 Å². The Morgan fingerprint density at radius 3 is 0.963 bits per heavy atom. The molecule has 54 heavy (non-hydrogen) atoms. The Bertz CT molecular complexity index is 839. The molecule has 0 saturated heterocycles. The van der Waals surface area contributed by atoms with Gasteiger partial charge in [0.2, 0.25) is 0 Å². The number of ether oxygens (including phenoxy) is 3. The van der Waals surface area contributed by atoms with Crippen molar-refractivity contribution in [3.05, 3.63) is 12.2 Å². The van der Waals surface area contributed by atoms with Gasteiger partial charge >= 0.3 is 17.9 Å². The minimum absolute atomic E-state index is 0.0700. The van der Waals surface area contributed by atoms with Gasteiger partial charge in [-0.05, 0) is 44.9 Å². The second-order valence-electron chi connectivity index (χ2n) is 16.0. The van der Waals surface area contributed by atoms with Crippen LogP contribution in [0.15, 0.2) is 12.2 Å². The van der Waals surface area contributed by atoms with Gasteiger partial charge in [0.25, 0.3) is 0 Å². The normalized spacial score (nSPS) is 12.0. The molecule has 0 spiro atoms. The van der Waals surface area contributed by atoms with Gasteiger partial charge in [-0.3, -0.25) is 14.4 Å². The Morgan fingerprint density at radius 2 is 0.611 bits per heavy atom. The van der Waals surface area contributed by atoms with Gasteiger partial charge < -0.3 is 14.2 Å². The van der Waals surface area contributed by atoms with E-state index in [-0.39, 0.29) is 31.1 Å². The lowest BCUT2D eigenvalue weighted by Gasteiger charge is -2.18. The van der Waals surface area contributed by atoms with Crippen molar-refractivity contribution in [1.82, 2.24) is 0 Å². The molecule has 1 unspecified atom stereocenters. The van der Waals surface area contributed by atoms with Crippen molar-refractivity contribution in [3.8, 4) is 0 Å². The molecule has 0 radical (unpaired) electrons. The van der Waals surface area contributed by atoms with Gasteiger partial charge in [-0.15, -0.1) is 0 Å². The van der Waals surface area contributed by atoms with Crippen LogP contribution in [-0.2, 0) is 28.6 Å². The molecular weight excluding hydrogens is 673 g/mol. The third-order valence-electron chi connectivity index (χ3n) is 10.5. The van der Waals surface area contributed by atoms with Crippen LogP contribution >= 0.6 is 0 Å². The van der Waals surface area contributed by atoms with Crippen molar-refractivity contribution in [3.63, 3.8) is 0 Å². The fourth-order valence-corrected chi connectivity index (χ4v) is 6.91. The fraction of sp³-hybridized carbons (Fsp3) is 0.896. The third kappa shape index (κ3) is 41.3. The van der Waals surface area contributed by atoms with Crippen molar-refractivity contribution in [1.29, 1.82) is 0 Å². The Balaban J connectivity index is 4.11. The van der Waals surface area contributed by atoms with Gasteiger partial charge in [0, 0.05) is 19.3 Å². The Hall–Kier alpha value is -1.85. The topological polar surface area (TPSA) is 78.9 Å². The van der Waals surface area contributed by atoms with Gasteiger partial charge in [-0.25, -0.2) is 0 Å². The van der Waals surface area contributed by atoms with Crippen LogP contribution in [0.3, 0.4) is 0 Å². The maximum atomic E-state index is 12.6. The summed E-state index contributed by atoms with van der Waals surface area (Å²) in [4.78, 5) is 37.5. The molecule has 0 rings (SSSR count). The van der Waals surface area contributed by atoms with E-state index in [1.807, 2.05) is 0 Å². The molecule has 0 aliphatic heterocycles.